The Morgan fingerprint density at radius 1 is 1.00 bits per heavy atom. The number of hydrogen-bond donors (Lipinski definition) is 4. The van der Waals surface area contributed by atoms with Crippen LogP contribution in [0.3, 0.4) is 0 Å². The molecule has 3 aromatic rings. The fourth-order valence-corrected chi connectivity index (χ4v) is 3.40. The highest BCUT2D eigenvalue weighted by Gasteiger charge is 2.29. The first kappa shape index (κ1) is 22.9. The lowest BCUT2D eigenvalue weighted by Crippen LogP contribution is -2.53. The minimum absolute atomic E-state index is 0.0534. The summed E-state index contributed by atoms with van der Waals surface area (Å²) >= 11 is 0. The summed E-state index contributed by atoms with van der Waals surface area (Å²) in [5.74, 6) is -2.05. The van der Waals surface area contributed by atoms with Gasteiger partial charge in [0.15, 0.2) is 0 Å². The maximum Gasteiger partial charge on any atom is 0.408 e. The second-order valence-corrected chi connectivity index (χ2v) is 7.89. The van der Waals surface area contributed by atoms with Crippen LogP contribution in [-0.2, 0) is 27.4 Å². The van der Waals surface area contributed by atoms with Crippen LogP contribution in [0.25, 0.3) is 10.9 Å². The maximum absolute atomic E-state index is 13.0. The van der Waals surface area contributed by atoms with Crippen LogP contribution >= 0.6 is 0 Å². The standard InChI is InChI=1S/C24H27N3O5/c1-15(2)21(23(29)30)27-22(28)20(12-17-13-25-19-11-7-6-10-18(17)19)26-24(31)32-14-16-8-4-3-5-9-16/h3-11,13,15,20-21,25H,12,14H2,1-2H3,(H,26,31)(H,27,28)(H,29,30)/t20-,21-/m1/s1. The molecule has 2 aromatic carbocycles. The molecular formula is C24H27N3O5. The summed E-state index contributed by atoms with van der Waals surface area (Å²) in [6, 6.07) is 14.7. The third-order valence-electron chi connectivity index (χ3n) is 5.15. The molecule has 0 aliphatic carbocycles. The van der Waals surface area contributed by atoms with E-state index in [0.717, 1.165) is 22.0 Å². The molecule has 8 heteroatoms. The molecule has 0 fully saturated rings. The SMILES string of the molecule is CC(C)[C@@H](NC(=O)[C@@H](Cc1c[nH]c2ccccc12)NC(=O)OCc1ccccc1)C(=O)O. The molecule has 32 heavy (non-hydrogen) atoms. The lowest BCUT2D eigenvalue weighted by Gasteiger charge is -2.23. The molecule has 8 nitrogen and oxygen atoms in total. The number of carboxylic acids is 1. The van der Waals surface area contributed by atoms with Gasteiger partial charge in [0.1, 0.15) is 18.7 Å². The van der Waals surface area contributed by atoms with E-state index >= 15 is 0 Å². The molecule has 0 aliphatic rings. The average Bonchev–Trinajstić information content (AvgIpc) is 3.18. The van der Waals surface area contributed by atoms with E-state index in [-0.39, 0.29) is 18.9 Å². The van der Waals surface area contributed by atoms with Crippen molar-refractivity contribution in [2.45, 2.75) is 39.0 Å². The highest BCUT2D eigenvalue weighted by molar-refractivity contribution is 5.90. The van der Waals surface area contributed by atoms with Gasteiger partial charge in [0.05, 0.1) is 0 Å². The highest BCUT2D eigenvalue weighted by atomic mass is 16.5. The van der Waals surface area contributed by atoms with E-state index in [1.54, 1.807) is 20.0 Å². The maximum atomic E-state index is 13.0. The van der Waals surface area contributed by atoms with Gasteiger partial charge in [0.2, 0.25) is 5.91 Å². The Morgan fingerprint density at radius 3 is 2.38 bits per heavy atom. The summed E-state index contributed by atoms with van der Waals surface area (Å²) in [5.41, 5.74) is 2.53. The monoisotopic (exact) mass is 437 g/mol. The number of amides is 2. The van der Waals surface area contributed by atoms with Crippen molar-refractivity contribution in [1.82, 2.24) is 15.6 Å². The molecule has 0 aliphatic heterocycles. The normalized spacial score (nSPS) is 12.8. The Morgan fingerprint density at radius 2 is 1.69 bits per heavy atom. The van der Waals surface area contributed by atoms with Crippen molar-refractivity contribution < 1.29 is 24.2 Å². The number of aliphatic carboxylic acids is 1. The fraction of sp³-hybridized carbons (Fsp3) is 0.292. The van der Waals surface area contributed by atoms with E-state index in [1.807, 2.05) is 54.6 Å². The number of carboxylic acid groups (broad SMARTS) is 1. The molecule has 1 heterocycles. The molecule has 2 atom stereocenters. The molecule has 0 spiro atoms. The van der Waals surface area contributed by atoms with E-state index < -0.39 is 30.1 Å². The third-order valence-corrected chi connectivity index (χ3v) is 5.15. The van der Waals surface area contributed by atoms with Crippen molar-refractivity contribution in [3.8, 4) is 0 Å². The molecule has 168 valence electrons. The summed E-state index contributed by atoms with van der Waals surface area (Å²) in [4.78, 5) is 40.1. The number of para-hydroxylation sites is 1. The van der Waals surface area contributed by atoms with Gasteiger partial charge in [-0.3, -0.25) is 4.79 Å². The average molecular weight is 437 g/mol. The zero-order chi connectivity index (χ0) is 23.1. The summed E-state index contributed by atoms with van der Waals surface area (Å²) < 4.78 is 5.26. The number of aromatic amines is 1. The molecule has 0 radical (unpaired) electrons. The number of ether oxygens (including phenoxy) is 1. The molecule has 4 N–H and O–H groups in total. The topological polar surface area (TPSA) is 121 Å². The van der Waals surface area contributed by atoms with Gasteiger partial charge in [-0.25, -0.2) is 9.59 Å². The van der Waals surface area contributed by atoms with Crippen molar-refractivity contribution in [1.29, 1.82) is 0 Å². The number of nitrogens with one attached hydrogen (secondary N) is 3. The number of benzene rings is 2. The first-order valence-electron chi connectivity index (χ1n) is 10.4. The number of carbonyl (C=O) groups is 3. The largest absolute Gasteiger partial charge is 0.480 e. The van der Waals surface area contributed by atoms with Gasteiger partial charge in [0, 0.05) is 23.5 Å². The van der Waals surface area contributed by atoms with Crippen LogP contribution in [0, 0.1) is 5.92 Å². The van der Waals surface area contributed by atoms with Gasteiger partial charge in [-0.2, -0.15) is 0 Å². The zero-order valence-electron chi connectivity index (χ0n) is 18.0. The quantitative estimate of drug-likeness (QED) is 0.410. The first-order valence-corrected chi connectivity index (χ1v) is 10.4. The molecule has 0 saturated heterocycles. The first-order chi connectivity index (χ1) is 15.3. The van der Waals surface area contributed by atoms with Gasteiger partial charge in [0.25, 0.3) is 0 Å². The van der Waals surface area contributed by atoms with Crippen molar-refractivity contribution in [2.75, 3.05) is 0 Å². The minimum Gasteiger partial charge on any atom is -0.480 e. The summed E-state index contributed by atoms with van der Waals surface area (Å²) in [6.45, 7) is 3.46. The molecular weight excluding hydrogens is 410 g/mol. The second-order valence-electron chi connectivity index (χ2n) is 7.89. The van der Waals surface area contributed by atoms with Gasteiger partial charge in [-0.15, -0.1) is 0 Å². The van der Waals surface area contributed by atoms with Crippen LogP contribution in [0.2, 0.25) is 0 Å². The lowest BCUT2D eigenvalue weighted by molar-refractivity contribution is -0.143. The van der Waals surface area contributed by atoms with Gasteiger partial charge >= 0.3 is 12.1 Å². The van der Waals surface area contributed by atoms with Crippen LogP contribution < -0.4 is 10.6 Å². The zero-order valence-corrected chi connectivity index (χ0v) is 18.0. The van der Waals surface area contributed by atoms with Gasteiger partial charge in [-0.1, -0.05) is 62.4 Å². The second kappa shape index (κ2) is 10.5. The highest BCUT2D eigenvalue weighted by Crippen LogP contribution is 2.19. The van der Waals surface area contributed by atoms with E-state index in [9.17, 15) is 19.5 Å². The Hall–Kier alpha value is -3.81. The Bertz CT molecular complexity index is 1080. The van der Waals surface area contributed by atoms with Crippen LogP contribution in [0.1, 0.15) is 25.0 Å². The van der Waals surface area contributed by atoms with Crippen molar-refractivity contribution in [3.05, 3.63) is 71.9 Å². The molecule has 3 rings (SSSR count). The molecule has 2 amide bonds. The van der Waals surface area contributed by atoms with Crippen LogP contribution in [0.5, 0.6) is 0 Å². The molecule has 0 bridgehead atoms. The fourth-order valence-electron chi connectivity index (χ4n) is 3.40. The molecule has 1 aromatic heterocycles. The number of alkyl carbamates (subject to hydrolysis) is 1. The van der Waals surface area contributed by atoms with Gasteiger partial charge in [-0.05, 0) is 23.1 Å². The molecule has 0 saturated carbocycles. The summed E-state index contributed by atoms with van der Waals surface area (Å²) in [7, 11) is 0. The smallest absolute Gasteiger partial charge is 0.408 e. The third kappa shape index (κ3) is 5.87. The minimum atomic E-state index is -1.13. The Balaban J connectivity index is 1.75. The molecule has 0 unspecified atom stereocenters. The predicted molar refractivity (Wildman–Crippen MR) is 120 cm³/mol. The summed E-state index contributed by atoms with van der Waals surface area (Å²) in [5, 5.41) is 15.5. The van der Waals surface area contributed by atoms with Crippen molar-refractivity contribution in [3.63, 3.8) is 0 Å². The van der Waals surface area contributed by atoms with Crippen LogP contribution in [0.4, 0.5) is 4.79 Å². The number of aromatic nitrogens is 1. The van der Waals surface area contributed by atoms with E-state index in [2.05, 4.69) is 15.6 Å². The Kier molecular flexibility index (Phi) is 7.49. The predicted octanol–water partition coefficient (Wildman–Crippen LogP) is 3.23. The van der Waals surface area contributed by atoms with Crippen molar-refractivity contribution in [2.24, 2.45) is 5.92 Å². The van der Waals surface area contributed by atoms with E-state index in [0.29, 0.717) is 0 Å². The number of hydrogen-bond acceptors (Lipinski definition) is 4. The lowest BCUT2D eigenvalue weighted by atomic mass is 10.0. The number of rotatable bonds is 9. The number of H-pyrrole nitrogens is 1. The van der Waals surface area contributed by atoms with Crippen LogP contribution in [-0.4, -0.2) is 40.1 Å². The van der Waals surface area contributed by atoms with E-state index in [1.165, 1.54) is 0 Å². The number of carbonyl (C=O) groups excluding carboxylic acids is 2. The summed E-state index contributed by atoms with van der Waals surface area (Å²) in [6.07, 6.45) is 1.19. The van der Waals surface area contributed by atoms with Gasteiger partial charge < -0.3 is 25.5 Å². The Labute approximate surface area is 186 Å². The van der Waals surface area contributed by atoms with Crippen LogP contribution in [0.15, 0.2) is 60.8 Å². The van der Waals surface area contributed by atoms with Crippen molar-refractivity contribution >= 4 is 28.9 Å². The van der Waals surface area contributed by atoms with E-state index in [4.69, 9.17) is 4.74 Å². The number of fused-ring (bicyclic) bond motifs is 1.